The summed E-state index contributed by atoms with van der Waals surface area (Å²) in [7, 11) is 0. The number of fused-ring (bicyclic) bond motifs is 3. The summed E-state index contributed by atoms with van der Waals surface area (Å²) >= 11 is 0. The molecule has 0 heterocycles. The van der Waals surface area contributed by atoms with E-state index in [-0.39, 0.29) is 18.6 Å². The van der Waals surface area contributed by atoms with E-state index in [1.54, 1.807) is 0 Å². The Labute approximate surface area is 204 Å². The first-order valence-corrected chi connectivity index (χ1v) is 11.5. The van der Waals surface area contributed by atoms with Gasteiger partial charge in [0.2, 0.25) is 5.91 Å². The van der Waals surface area contributed by atoms with Crippen LogP contribution in [0.3, 0.4) is 0 Å². The highest BCUT2D eigenvalue weighted by Gasteiger charge is 2.30. The molecule has 1 aliphatic rings. The molecule has 35 heavy (non-hydrogen) atoms. The van der Waals surface area contributed by atoms with E-state index in [9.17, 15) is 19.5 Å². The van der Waals surface area contributed by atoms with Crippen molar-refractivity contribution in [3.05, 3.63) is 95.1 Å². The molecule has 1 aliphatic carbocycles. The third-order valence-corrected chi connectivity index (χ3v) is 6.34. The van der Waals surface area contributed by atoms with Gasteiger partial charge in [-0.25, -0.2) is 4.79 Å². The maximum atomic E-state index is 12.9. The highest BCUT2D eigenvalue weighted by molar-refractivity contribution is 5.89. The molecular formula is C28H28N2O5. The first-order valence-electron chi connectivity index (χ1n) is 11.5. The Morgan fingerprint density at radius 2 is 1.46 bits per heavy atom. The lowest BCUT2D eigenvalue weighted by atomic mass is 9.98. The van der Waals surface area contributed by atoms with Crippen LogP contribution in [0.25, 0.3) is 11.1 Å². The summed E-state index contributed by atoms with van der Waals surface area (Å²) in [5.74, 6) is -1.93. The third kappa shape index (κ3) is 5.35. The molecule has 0 bridgehead atoms. The fraction of sp³-hybridized carbons (Fsp3) is 0.250. The number of carboxylic acids is 1. The van der Waals surface area contributed by atoms with E-state index < -0.39 is 30.4 Å². The number of nitrogens with one attached hydrogen (secondary N) is 2. The van der Waals surface area contributed by atoms with E-state index in [1.807, 2.05) is 86.6 Å². The minimum Gasteiger partial charge on any atom is -0.481 e. The zero-order valence-electron chi connectivity index (χ0n) is 19.7. The molecule has 0 aliphatic heterocycles. The summed E-state index contributed by atoms with van der Waals surface area (Å²) in [6.07, 6.45) is -1.40. The molecule has 1 unspecified atom stereocenters. The Hall–Kier alpha value is -4.13. The van der Waals surface area contributed by atoms with Gasteiger partial charge in [-0.2, -0.15) is 0 Å². The summed E-state index contributed by atoms with van der Waals surface area (Å²) in [5, 5.41) is 14.5. The van der Waals surface area contributed by atoms with Crippen LogP contribution in [0.2, 0.25) is 0 Å². The fourth-order valence-electron chi connectivity index (χ4n) is 4.63. The van der Waals surface area contributed by atoms with Crippen molar-refractivity contribution in [2.45, 2.75) is 38.3 Å². The first-order chi connectivity index (χ1) is 16.8. The molecule has 0 aromatic heterocycles. The molecule has 3 aromatic carbocycles. The number of carbonyl (C=O) groups excluding carboxylic acids is 2. The molecule has 4 rings (SSSR count). The summed E-state index contributed by atoms with van der Waals surface area (Å²) in [4.78, 5) is 36.9. The van der Waals surface area contributed by atoms with Crippen LogP contribution in [0.4, 0.5) is 4.79 Å². The molecule has 0 fully saturated rings. The monoisotopic (exact) mass is 472 g/mol. The van der Waals surface area contributed by atoms with Crippen LogP contribution >= 0.6 is 0 Å². The molecule has 2 amide bonds. The van der Waals surface area contributed by atoms with Gasteiger partial charge in [0.25, 0.3) is 0 Å². The smallest absolute Gasteiger partial charge is 0.407 e. The van der Waals surface area contributed by atoms with Crippen LogP contribution in [-0.4, -0.2) is 35.7 Å². The van der Waals surface area contributed by atoms with E-state index in [0.717, 1.165) is 33.4 Å². The van der Waals surface area contributed by atoms with Crippen molar-refractivity contribution in [3.63, 3.8) is 0 Å². The molecule has 180 valence electrons. The van der Waals surface area contributed by atoms with Crippen molar-refractivity contribution in [1.82, 2.24) is 10.6 Å². The molecule has 0 saturated heterocycles. The highest BCUT2D eigenvalue weighted by atomic mass is 16.5. The molecule has 7 nitrogen and oxygen atoms in total. The molecule has 0 radical (unpaired) electrons. The number of carbonyl (C=O) groups is 3. The first kappa shape index (κ1) is 24.0. The largest absolute Gasteiger partial charge is 0.481 e. The Morgan fingerprint density at radius 1 is 0.886 bits per heavy atom. The van der Waals surface area contributed by atoms with Crippen molar-refractivity contribution in [1.29, 1.82) is 0 Å². The van der Waals surface area contributed by atoms with Crippen molar-refractivity contribution in [3.8, 4) is 11.1 Å². The lowest BCUT2D eigenvalue weighted by Gasteiger charge is -2.22. The van der Waals surface area contributed by atoms with Crippen molar-refractivity contribution < 1.29 is 24.2 Å². The van der Waals surface area contributed by atoms with Gasteiger partial charge in [-0.3, -0.25) is 9.59 Å². The minimum absolute atomic E-state index is 0.0703. The van der Waals surface area contributed by atoms with E-state index in [4.69, 9.17) is 4.74 Å². The number of carboxylic acid groups (broad SMARTS) is 1. The normalized spacial score (nSPS) is 13.8. The fourth-order valence-corrected chi connectivity index (χ4v) is 4.63. The number of rotatable bonds is 8. The Bertz CT molecular complexity index is 1210. The van der Waals surface area contributed by atoms with Gasteiger partial charge in [-0.05, 0) is 47.2 Å². The van der Waals surface area contributed by atoms with E-state index in [1.165, 1.54) is 0 Å². The number of hydrogen-bond donors (Lipinski definition) is 3. The average Bonchev–Trinajstić information content (AvgIpc) is 3.16. The second-order valence-corrected chi connectivity index (χ2v) is 8.71. The number of amides is 2. The van der Waals surface area contributed by atoms with Gasteiger partial charge in [0.05, 0.1) is 12.5 Å². The quantitative estimate of drug-likeness (QED) is 0.446. The topological polar surface area (TPSA) is 105 Å². The molecule has 2 atom stereocenters. The lowest BCUT2D eigenvalue weighted by molar-refractivity contribution is -0.140. The average molecular weight is 473 g/mol. The molecule has 3 aromatic rings. The number of alkyl carbamates (subject to hydrolysis) is 1. The van der Waals surface area contributed by atoms with Crippen molar-refractivity contribution >= 4 is 18.0 Å². The number of aryl methyl sites for hydroxylation is 1. The summed E-state index contributed by atoms with van der Waals surface area (Å²) in [6, 6.07) is 21.9. The third-order valence-electron chi connectivity index (χ3n) is 6.34. The Balaban J connectivity index is 1.42. The zero-order chi connectivity index (χ0) is 24.9. The van der Waals surface area contributed by atoms with E-state index in [0.29, 0.717) is 0 Å². The maximum absolute atomic E-state index is 12.9. The van der Waals surface area contributed by atoms with Gasteiger partial charge in [-0.15, -0.1) is 0 Å². The van der Waals surface area contributed by atoms with Crippen molar-refractivity contribution in [2.24, 2.45) is 0 Å². The Morgan fingerprint density at radius 3 is 2.06 bits per heavy atom. The second kappa shape index (κ2) is 10.4. The van der Waals surface area contributed by atoms with Crippen LogP contribution < -0.4 is 10.6 Å². The van der Waals surface area contributed by atoms with Gasteiger partial charge in [0.15, 0.2) is 0 Å². The summed E-state index contributed by atoms with van der Waals surface area (Å²) < 4.78 is 5.49. The lowest BCUT2D eigenvalue weighted by Crippen LogP contribution is -2.48. The minimum atomic E-state index is -1.27. The van der Waals surface area contributed by atoms with Gasteiger partial charge in [-0.1, -0.05) is 72.8 Å². The molecular weight excluding hydrogens is 444 g/mol. The second-order valence-electron chi connectivity index (χ2n) is 8.71. The maximum Gasteiger partial charge on any atom is 0.407 e. The molecule has 0 saturated carbocycles. The predicted octanol–water partition coefficient (Wildman–Crippen LogP) is 4.55. The number of ether oxygens (including phenoxy) is 1. The van der Waals surface area contributed by atoms with E-state index >= 15 is 0 Å². The number of benzene rings is 3. The zero-order valence-corrected chi connectivity index (χ0v) is 19.7. The van der Waals surface area contributed by atoms with Crippen molar-refractivity contribution in [2.75, 3.05) is 6.61 Å². The van der Waals surface area contributed by atoms with Crippen LogP contribution in [0.15, 0.2) is 72.8 Å². The van der Waals surface area contributed by atoms with Gasteiger partial charge >= 0.3 is 12.1 Å². The highest BCUT2D eigenvalue weighted by Crippen LogP contribution is 2.44. The van der Waals surface area contributed by atoms with Crippen LogP contribution in [0.5, 0.6) is 0 Å². The summed E-state index contributed by atoms with van der Waals surface area (Å²) in [6.45, 7) is 3.81. The van der Waals surface area contributed by atoms with Gasteiger partial charge in [0.1, 0.15) is 12.6 Å². The van der Waals surface area contributed by atoms with Gasteiger partial charge in [0, 0.05) is 5.92 Å². The molecule has 3 N–H and O–H groups in total. The van der Waals surface area contributed by atoms with Crippen LogP contribution in [0.1, 0.15) is 47.6 Å². The molecule has 7 heteroatoms. The number of hydrogen-bond acceptors (Lipinski definition) is 4. The van der Waals surface area contributed by atoms with Crippen LogP contribution in [-0.2, 0) is 14.3 Å². The Kier molecular flexibility index (Phi) is 7.15. The SMILES string of the molecule is Cc1ccccc1[C@H](C)NC(=O)C(CC(=O)O)NC(=O)OCC1c2ccccc2-c2ccccc21. The standard InChI is InChI=1S/C28H28N2O5/c1-17-9-3-4-10-19(17)18(2)29-27(33)25(15-26(31)32)30-28(34)35-16-24-22-13-7-5-11-20(22)21-12-6-8-14-23(21)24/h3-14,18,24-25H,15-16H2,1-2H3,(H,29,33)(H,30,34)(H,31,32)/t18-,25?/m0/s1. The molecule has 0 spiro atoms. The van der Waals surface area contributed by atoms with E-state index in [2.05, 4.69) is 10.6 Å². The van der Waals surface area contributed by atoms with Gasteiger partial charge < -0.3 is 20.5 Å². The number of aliphatic carboxylic acids is 1. The van der Waals surface area contributed by atoms with Crippen LogP contribution in [0, 0.1) is 6.92 Å². The summed E-state index contributed by atoms with van der Waals surface area (Å²) in [5.41, 5.74) is 6.24. The predicted molar refractivity (Wildman–Crippen MR) is 132 cm³/mol.